The first kappa shape index (κ1) is 10.4. The van der Waals surface area contributed by atoms with Gasteiger partial charge in [-0.15, -0.1) is 0 Å². The van der Waals surface area contributed by atoms with Crippen LogP contribution in [0.15, 0.2) is 18.3 Å². The molecule has 0 amide bonds. The van der Waals surface area contributed by atoms with E-state index in [1.54, 1.807) is 0 Å². The van der Waals surface area contributed by atoms with Gasteiger partial charge in [0.25, 0.3) is 0 Å². The summed E-state index contributed by atoms with van der Waals surface area (Å²) in [5.74, 6) is 1.10. The molecule has 1 aromatic rings. The molecule has 1 aliphatic heterocycles. The number of nitrogens with one attached hydrogen (secondary N) is 1. The van der Waals surface area contributed by atoms with Gasteiger partial charge in [-0.1, -0.05) is 6.07 Å². The van der Waals surface area contributed by atoms with E-state index in [4.69, 9.17) is 0 Å². The lowest BCUT2D eigenvalue weighted by Gasteiger charge is -2.38. The molecule has 3 nitrogen and oxygen atoms in total. The zero-order valence-electron chi connectivity index (χ0n) is 9.70. The van der Waals surface area contributed by atoms with E-state index in [2.05, 4.69) is 48.1 Å². The van der Waals surface area contributed by atoms with Crippen molar-refractivity contribution in [2.75, 3.05) is 18.0 Å². The first-order valence-electron chi connectivity index (χ1n) is 5.59. The van der Waals surface area contributed by atoms with Crippen LogP contribution in [0.3, 0.4) is 0 Å². The van der Waals surface area contributed by atoms with Gasteiger partial charge in [0.05, 0.1) is 0 Å². The normalized spacial score (nSPS) is 26.7. The van der Waals surface area contributed by atoms with Crippen molar-refractivity contribution in [1.82, 2.24) is 10.3 Å². The highest BCUT2D eigenvalue weighted by atomic mass is 15.3. The molecule has 1 saturated heterocycles. The number of nitrogens with zero attached hydrogens (tertiary/aromatic N) is 2. The molecule has 0 radical (unpaired) electrons. The Kier molecular flexibility index (Phi) is 2.91. The Morgan fingerprint density at radius 3 is 2.87 bits per heavy atom. The van der Waals surface area contributed by atoms with E-state index in [1.807, 2.05) is 6.20 Å². The van der Waals surface area contributed by atoms with Gasteiger partial charge in [-0.25, -0.2) is 4.98 Å². The minimum absolute atomic E-state index is 0.524. The van der Waals surface area contributed by atoms with E-state index in [0.717, 1.165) is 18.9 Å². The summed E-state index contributed by atoms with van der Waals surface area (Å²) in [6.45, 7) is 8.60. The standard InChI is InChI=1S/C12H19N3/c1-9-4-5-12(14-6-9)15-8-10(2)13-7-11(15)3/h4-6,10-11,13H,7-8H2,1-3H3. The van der Waals surface area contributed by atoms with E-state index in [0.29, 0.717) is 12.1 Å². The lowest BCUT2D eigenvalue weighted by Crippen LogP contribution is -2.54. The summed E-state index contributed by atoms with van der Waals surface area (Å²) in [7, 11) is 0. The maximum absolute atomic E-state index is 4.48. The van der Waals surface area contributed by atoms with Crippen LogP contribution in [0.4, 0.5) is 5.82 Å². The molecule has 0 spiro atoms. The molecule has 2 rings (SSSR count). The van der Waals surface area contributed by atoms with Crippen molar-refractivity contribution in [3.05, 3.63) is 23.9 Å². The smallest absolute Gasteiger partial charge is 0.128 e. The van der Waals surface area contributed by atoms with E-state index < -0.39 is 0 Å². The van der Waals surface area contributed by atoms with Crippen LogP contribution in [-0.2, 0) is 0 Å². The minimum Gasteiger partial charge on any atom is -0.351 e. The topological polar surface area (TPSA) is 28.2 Å². The van der Waals surface area contributed by atoms with Crippen molar-refractivity contribution in [2.24, 2.45) is 0 Å². The zero-order chi connectivity index (χ0) is 10.8. The van der Waals surface area contributed by atoms with E-state index in [1.165, 1.54) is 5.56 Å². The Hall–Kier alpha value is -1.09. The second-order valence-electron chi connectivity index (χ2n) is 4.50. The fourth-order valence-electron chi connectivity index (χ4n) is 1.97. The van der Waals surface area contributed by atoms with Crippen LogP contribution in [0, 0.1) is 6.92 Å². The van der Waals surface area contributed by atoms with Crippen molar-refractivity contribution < 1.29 is 0 Å². The molecule has 0 aromatic carbocycles. The molecule has 2 atom stereocenters. The van der Waals surface area contributed by atoms with Gasteiger partial charge < -0.3 is 10.2 Å². The first-order chi connectivity index (χ1) is 7.16. The molecule has 1 aliphatic rings. The maximum atomic E-state index is 4.48. The molecule has 1 N–H and O–H groups in total. The number of anilines is 1. The number of hydrogen-bond acceptors (Lipinski definition) is 3. The molecule has 0 saturated carbocycles. The summed E-state index contributed by atoms with van der Waals surface area (Å²) in [5.41, 5.74) is 1.22. The van der Waals surface area contributed by atoms with Crippen LogP contribution in [0.25, 0.3) is 0 Å². The van der Waals surface area contributed by atoms with E-state index in [9.17, 15) is 0 Å². The summed E-state index contributed by atoms with van der Waals surface area (Å²) >= 11 is 0. The van der Waals surface area contributed by atoms with Gasteiger partial charge >= 0.3 is 0 Å². The highest BCUT2D eigenvalue weighted by Crippen LogP contribution is 2.17. The molecule has 0 bridgehead atoms. The van der Waals surface area contributed by atoms with Crippen LogP contribution < -0.4 is 10.2 Å². The van der Waals surface area contributed by atoms with Gasteiger partial charge in [0.1, 0.15) is 5.82 Å². The Morgan fingerprint density at radius 1 is 1.40 bits per heavy atom. The van der Waals surface area contributed by atoms with E-state index >= 15 is 0 Å². The number of rotatable bonds is 1. The van der Waals surface area contributed by atoms with Crippen molar-refractivity contribution >= 4 is 5.82 Å². The highest BCUT2D eigenvalue weighted by Gasteiger charge is 2.22. The Balaban J connectivity index is 2.17. The molecule has 2 heterocycles. The third-order valence-electron chi connectivity index (χ3n) is 2.95. The number of aryl methyl sites for hydroxylation is 1. The zero-order valence-corrected chi connectivity index (χ0v) is 9.70. The molecule has 1 fully saturated rings. The summed E-state index contributed by atoms with van der Waals surface area (Å²) in [4.78, 5) is 6.86. The molecule has 3 heteroatoms. The van der Waals surface area contributed by atoms with Crippen LogP contribution in [0.5, 0.6) is 0 Å². The summed E-state index contributed by atoms with van der Waals surface area (Å²) < 4.78 is 0. The first-order valence-corrected chi connectivity index (χ1v) is 5.59. The largest absolute Gasteiger partial charge is 0.351 e. The lowest BCUT2D eigenvalue weighted by molar-refractivity contribution is 0.422. The summed E-state index contributed by atoms with van der Waals surface area (Å²) in [5, 5.41) is 3.47. The number of piperazine rings is 1. The van der Waals surface area contributed by atoms with Gasteiger partial charge in [0.2, 0.25) is 0 Å². The lowest BCUT2D eigenvalue weighted by atomic mass is 10.1. The quantitative estimate of drug-likeness (QED) is 0.754. The highest BCUT2D eigenvalue weighted by molar-refractivity contribution is 5.41. The summed E-state index contributed by atoms with van der Waals surface area (Å²) in [6, 6.07) is 5.31. The van der Waals surface area contributed by atoms with Crippen molar-refractivity contribution in [2.45, 2.75) is 32.9 Å². The average Bonchev–Trinajstić information content (AvgIpc) is 2.23. The third-order valence-corrected chi connectivity index (χ3v) is 2.95. The van der Waals surface area contributed by atoms with Crippen molar-refractivity contribution in [3.63, 3.8) is 0 Å². The van der Waals surface area contributed by atoms with Crippen LogP contribution in [-0.4, -0.2) is 30.2 Å². The molecule has 0 aliphatic carbocycles. The van der Waals surface area contributed by atoms with Gasteiger partial charge in [0.15, 0.2) is 0 Å². The monoisotopic (exact) mass is 205 g/mol. The van der Waals surface area contributed by atoms with Gasteiger partial charge in [-0.3, -0.25) is 0 Å². The molecular formula is C12H19N3. The number of hydrogen-bond donors (Lipinski definition) is 1. The van der Waals surface area contributed by atoms with E-state index in [-0.39, 0.29) is 0 Å². The van der Waals surface area contributed by atoms with Gasteiger partial charge in [-0.05, 0) is 32.4 Å². The average molecular weight is 205 g/mol. The van der Waals surface area contributed by atoms with Gasteiger partial charge in [0, 0.05) is 31.4 Å². The predicted octanol–water partition coefficient (Wildman–Crippen LogP) is 1.58. The fraction of sp³-hybridized carbons (Fsp3) is 0.583. The van der Waals surface area contributed by atoms with Crippen molar-refractivity contribution in [1.29, 1.82) is 0 Å². The Morgan fingerprint density at radius 2 is 2.20 bits per heavy atom. The molecular weight excluding hydrogens is 186 g/mol. The molecule has 82 valence electrons. The fourth-order valence-corrected chi connectivity index (χ4v) is 1.97. The SMILES string of the molecule is Cc1ccc(N2CC(C)NCC2C)nc1. The minimum atomic E-state index is 0.524. The van der Waals surface area contributed by atoms with Crippen LogP contribution in [0.1, 0.15) is 19.4 Å². The molecule has 15 heavy (non-hydrogen) atoms. The molecule has 1 aromatic heterocycles. The Labute approximate surface area is 91.5 Å². The van der Waals surface area contributed by atoms with Gasteiger partial charge in [-0.2, -0.15) is 0 Å². The second kappa shape index (κ2) is 4.19. The Bertz CT molecular complexity index is 320. The number of aromatic nitrogens is 1. The summed E-state index contributed by atoms with van der Waals surface area (Å²) in [6.07, 6.45) is 1.94. The van der Waals surface area contributed by atoms with Crippen LogP contribution in [0.2, 0.25) is 0 Å². The molecule has 2 unspecified atom stereocenters. The van der Waals surface area contributed by atoms with Crippen LogP contribution >= 0.6 is 0 Å². The second-order valence-corrected chi connectivity index (χ2v) is 4.50. The third kappa shape index (κ3) is 2.29. The predicted molar refractivity (Wildman–Crippen MR) is 63.2 cm³/mol. The number of pyridine rings is 1. The van der Waals surface area contributed by atoms with Crippen molar-refractivity contribution in [3.8, 4) is 0 Å². The maximum Gasteiger partial charge on any atom is 0.128 e.